The predicted octanol–water partition coefficient (Wildman–Crippen LogP) is 3.47. The van der Waals surface area contributed by atoms with Gasteiger partial charge in [0.25, 0.3) is 0 Å². The highest BCUT2D eigenvalue weighted by Gasteiger charge is 2.07. The van der Waals surface area contributed by atoms with Crippen LogP contribution in [0, 0.1) is 0 Å². The Morgan fingerprint density at radius 2 is 2.37 bits per heavy atom. The van der Waals surface area contributed by atoms with Gasteiger partial charge >= 0.3 is 5.97 Å². The van der Waals surface area contributed by atoms with Crippen LogP contribution in [0.3, 0.4) is 0 Å². The smallest absolute Gasteiger partial charge is 0.328 e. The quantitative estimate of drug-likeness (QED) is 0.858. The number of hydrogen-bond acceptors (Lipinski definition) is 4. The third-order valence-corrected chi connectivity index (χ3v) is 3.32. The molecule has 0 aliphatic rings. The van der Waals surface area contributed by atoms with Crippen LogP contribution < -0.4 is 4.74 Å². The lowest BCUT2D eigenvalue weighted by Gasteiger charge is -2.09. The Bertz CT molecular complexity index is 596. The first kappa shape index (κ1) is 13.6. The third kappa shape index (κ3) is 3.81. The number of carbonyl (C=O) groups is 1. The van der Waals surface area contributed by atoms with Crippen LogP contribution in [0.25, 0.3) is 6.08 Å². The van der Waals surface area contributed by atoms with E-state index in [0.717, 1.165) is 11.1 Å². The van der Waals surface area contributed by atoms with Gasteiger partial charge in [-0.2, -0.15) is 0 Å². The first-order valence-corrected chi connectivity index (χ1v) is 6.63. The summed E-state index contributed by atoms with van der Waals surface area (Å²) in [5, 5.41) is 11.8. The van der Waals surface area contributed by atoms with Gasteiger partial charge in [0.2, 0.25) is 0 Å². The molecule has 1 heterocycles. The van der Waals surface area contributed by atoms with Crippen LogP contribution in [0.4, 0.5) is 0 Å². The fourth-order valence-electron chi connectivity index (χ4n) is 1.42. The van der Waals surface area contributed by atoms with Gasteiger partial charge in [-0.05, 0) is 18.2 Å². The van der Waals surface area contributed by atoms with Gasteiger partial charge in [-0.3, -0.25) is 0 Å². The summed E-state index contributed by atoms with van der Waals surface area (Å²) >= 11 is 7.53. The molecule has 19 heavy (non-hydrogen) atoms. The first-order valence-electron chi connectivity index (χ1n) is 5.37. The van der Waals surface area contributed by atoms with E-state index in [1.807, 2.05) is 5.38 Å². The van der Waals surface area contributed by atoms with E-state index in [1.165, 1.54) is 17.4 Å². The van der Waals surface area contributed by atoms with Crippen molar-refractivity contribution in [2.45, 2.75) is 6.61 Å². The van der Waals surface area contributed by atoms with E-state index in [4.69, 9.17) is 21.4 Å². The van der Waals surface area contributed by atoms with Gasteiger partial charge in [0.05, 0.1) is 5.02 Å². The number of aliphatic carboxylic acids is 1. The molecule has 0 bridgehead atoms. The minimum absolute atomic E-state index is 0.325. The van der Waals surface area contributed by atoms with Crippen LogP contribution in [0.1, 0.15) is 10.6 Å². The molecule has 0 radical (unpaired) electrons. The number of carboxylic acids is 1. The zero-order valence-electron chi connectivity index (χ0n) is 9.75. The fourth-order valence-corrected chi connectivity index (χ4v) is 2.18. The topological polar surface area (TPSA) is 59.4 Å². The highest BCUT2D eigenvalue weighted by Crippen LogP contribution is 2.28. The van der Waals surface area contributed by atoms with Crippen LogP contribution in [-0.2, 0) is 11.4 Å². The molecule has 0 aliphatic carbocycles. The van der Waals surface area contributed by atoms with Gasteiger partial charge in [0.1, 0.15) is 17.4 Å². The summed E-state index contributed by atoms with van der Waals surface area (Å²) in [5.41, 5.74) is 0.545. The third-order valence-electron chi connectivity index (χ3n) is 2.24. The average molecular weight is 296 g/mol. The number of ether oxygens (including phenoxy) is 1. The summed E-state index contributed by atoms with van der Waals surface area (Å²) in [7, 11) is 0. The largest absolute Gasteiger partial charge is 0.486 e. The second kappa shape index (κ2) is 6.36. The van der Waals surface area contributed by atoms with Gasteiger partial charge in [0, 0.05) is 23.2 Å². The SMILES string of the molecule is O=C(O)/C=C/c1c(Cl)cccc1OCc1nccs1. The summed E-state index contributed by atoms with van der Waals surface area (Å²) in [5.74, 6) is -0.508. The summed E-state index contributed by atoms with van der Waals surface area (Å²) in [4.78, 5) is 14.7. The maximum absolute atomic E-state index is 10.6. The Morgan fingerprint density at radius 3 is 3.05 bits per heavy atom. The monoisotopic (exact) mass is 295 g/mol. The molecule has 0 amide bonds. The number of rotatable bonds is 5. The van der Waals surface area contributed by atoms with Crippen molar-refractivity contribution in [3.63, 3.8) is 0 Å². The normalized spacial score (nSPS) is 10.8. The Balaban J connectivity index is 2.19. The van der Waals surface area contributed by atoms with Crippen molar-refractivity contribution in [1.82, 2.24) is 4.98 Å². The lowest BCUT2D eigenvalue weighted by atomic mass is 10.2. The van der Waals surface area contributed by atoms with Gasteiger partial charge in [0.15, 0.2) is 0 Å². The molecule has 0 fully saturated rings. The molecule has 6 heteroatoms. The zero-order chi connectivity index (χ0) is 13.7. The lowest BCUT2D eigenvalue weighted by molar-refractivity contribution is -0.131. The van der Waals surface area contributed by atoms with E-state index in [1.54, 1.807) is 24.4 Å². The number of hydrogen-bond donors (Lipinski definition) is 1. The Kier molecular flexibility index (Phi) is 4.54. The number of carboxylic acid groups (broad SMARTS) is 1. The Hall–Kier alpha value is -1.85. The summed E-state index contributed by atoms with van der Waals surface area (Å²) in [6.45, 7) is 0.325. The molecule has 98 valence electrons. The van der Waals surface area contributed by atoms with Crippen molar-refractivity contribution in [3.8, 4) is 5.75 Å². The molecule has 1 N–H and O–H groups in total. The molecule has 0 spiro atoms. The summed E-state index contributed by atoms with van der Waals surface area (Å²) < 4.78 is 5.61. The molecule has 0 atom stereocenters. The highest BCUT2D eigenvalue weighted by atomic mass is 35.5. The van der Waals surface area contributed by atoms with E-state index in [-0.39, 0.29) is 0 Å². The van der Waals surface area contributed by atoms with Gasteiger partial charge in [-0.1, -0.05) is 17.7 Å². The molecule has 0 saturated heterocycles. The Morgan fingerprint density at radius 1 is 1.53 bits per heavy atom. The van der Waals surface area contributed by atoms with Gasteiger partial charge < -0.3 is 9.84 Å². The van der Waals surface area contributed by atoms with Crippen molar-refractivity contribution in [2.75, 3.05) is 0 Å². The van der Waals surface area contributed by atoms with Crippen LogP contribution in [0.15, 0.2) is 35.9 Å². The molecular weight excluding hydrogens is 286 g/mol. The highest BCUT2D eigenvalue weighted by molar-refractivity contribution is 7.09. The van der Waals surface area contributed by atoms with Crippen LogP contribution >= 0.6 is 22.9 Å². The molecule has 2 aromatic rings. The molecule has 0 unspecified atom stereocenters. The molecule has 4 nitrogen and oxygen atoms in total. The van der Waals surface area contributed by atoms with Gasteiger partial charge in [-0.15, -0.1) is 11.3 Å². The van der Waals surface area contributed by atoms with E-state index in [0.29, 0.717) is 22.9 Å². The van der Waals surface area contributed by atoms with E-state index in [2.05, 4.69) is 4.98 Å². The molecule has 0 aliphatic heterocycles. The van der Waals surface area contributed by atoms with Crippen molar-refractivity contribution >= 4 is 35.0 Å². The second-order valence-electron chi connectivity index (χ2n) is 3.54. The van der Waals surface area contributed by atoms with Crippen LogP contribution in [0.5, 0.6) is 5.75 Å². The van der Waals surface area contributed by atoms with Crippen LogP contribution in [-0.4, -0.2) is 16.1 Å². The molecular formula is C13H10ClNO3S. The first-order chi connectivity index (χ1) is 9.16. The number of benzene rings is 1. The fraction of sp³-hybridized carbons (Fsp3) is 0.0769. The predicted molar refractivity (Wildman–Crippen MR) is 74.6 cm³/mol. The summed E-state index contributed by atoms with van der Waals surface area (Å²) in [6.07, 6.45) is 4.14. The maximum atomic E-state index is 10.6. The minimum atomic E-state index is -1.04. The minimum Gasteiger partial charge on any atom is -0.486 e. The summed E-state index contributed by atoms with van der Waals surface area (Å²) in [6, 6.07) is 5.16. The van der Waals surface area contributed by atoms with Crippen molar-refractivity contribution in [2.24, 2.45) is 0 Å². The number of aromatic nitrogens is 1. The number of halogens is 1. The van der Waals surface area contributed by atoms with Crippen LogP contribution in [0.2, 0.25) is 5.02 Å². The molecule has 0 saturated carbocycles. The molecule has 1 aromatic carbocycles. The van der Waals surface area contributed by atoms with E-state index in [9.17, 15) is 4.79 Å². The van der Waals surface area contributed by atoms with E-state index < -0.39 is 5.97 Å². The Labute approximate surface area is 118 Å². The zero-order valence-corrected chi connectivity index (χ0v) is 11.3. The standard InChI is InChI=1S/C13H10ClNO3S/c14-10-2-1-3-11(9(10)4-5-13(16)17)18-8-12-15-6-7-19-12/h1-7H,8H2,(H,16,17)/b5-4+. The molecule has 1 aromatic heterocycles. The number of nitrogens with zero attached hydrogens (tertiary/aromatic N) is 1. The second-order valence-corrected chi connectivity index (χ2v) is 4.92. The van der Waals surface area contributed by atoms with Gasteiger partial charge in [-0.25, -0.2) is 9.78 Å². The average Bonchev–Trinajstić information content (AvgIpc) is 2.88. The lowest BCUT2D eigenvalue weighted by Crippen LogP contribution is -1.97. The van der Waals surface area contributed by atoms with Crippen molar-refractivity contribution in [3.05, 3.63) is 51.4 Å². The van der Waals surface area contributed by atoms with Crippen molar-refractivity contribution < 1.29 is 14.6 Å². The molecule has 2 rings (SSSR count). The van der Waals surface area contributed by atoms with Crippen molar-refractivity contribution in [1.29, 1.82) is 0 Å². The number of thiazole rings is 1. The maximum Gasteiger partial charge on any atom is 0.328 e. The van der Waals surface area contributed by atoms with E-state index >= 15 is 0 Å².